The third-order valence-corrected chi connectivity index (χ3v) is 2.46. The Bertz CT molecular complexity index is 541. The molecule has 0 aliphatic heterocycles. The smallest absolute Gasteiger partial charge is 0.166 e. The summed E-state index contributed by atoms with van der Waals surface area (Å²) in [6.45, 7) is -0.822. The van der Waals surface area contributed by atoms with Crippen LogP contribution in [-0.4, -0.2) is 5.11 Å². The molecule has 0 radical (unpaired) electrons. The van der Waals surface area contributed by atoms with Crippen LogP contribution >= 0.6 is 0 Å². The fourth-order valence-corrected chi connectivity index (χ4v) is 1.54. The Kier molecular flexibility index (Phi) is 3.89. The first-order chi connectivity index (χ1) is 8.72. The predicted molar refractivity (Wildman–Crippen MR) is 63.7 cm³/mol. The lowest BCUT2D eigenvalue weighted by Crippen LogP contribution is -1.91. The number of benzene rings is 2. The van der Waals surface area contributed by atoms with Crippen LogP contribution in [0.1, 0.15) is 11.1 Å². The maximum absolute atomic E-state index is 13.6. The highest BCUT2D eigenvalue weighted by Gasteiger charge is 2.06. The van der Waals surface area contributed by atoms with Crippen LogP contribution < -0.4 is 4.74 Å². The van der Waals surface area contributed by atoms with Gasteiger partial charge < -0.3 is 9.84 Å². The Labute approximate surface area is 103 Å². The summed E-state index contributed by atoms with van der Waals surface area (Å²) in [5.41, 5.74) is 0.942. The van der Waals surface area contributed by atoms with Crippen molar-refractivity contribution in [3.8, 4) is 11.5 Å². The highest BCUT2D eigenvalue weighted by molar-refractivity contribution is 5.36. The molecular formula is C14H12F2O2. The van der Waals surface area contributed by atoms with Crippen molar-refractivity contribution in [2.75, 3.05) is 0 Å². The maximum atomic E-state index is 13.6. The number of rotatable bonds is 4. The predicted octanol–water partition coefficient (Wildman–Crippen LogP) is 3.58. The molecule has 0 atom stereocenters. The Balaban J connectivity index is 2.22. The van der Waals surface area contributed by atoms with E-state index in [1.54, 1.807) is 24.3 Å². The topological polar surface area (TPSA) is 29.5 Å². The Morgan fingerprint density at radius 3 is 2.56 bits per heavy atom. The van der Waals surface area contributed by atoms with Crippen LogP contribution in [-0.2, 0) is 13.3 Å². The average Bonchev–Trinajstić information content (AvgIpc) is 2.41. The summed E-state index contributed by atoms with van der Waals surface area (Å²) < 4.78 is 31.4. The van der Waals surface area contributed by atoms with Gasteiger partial charge in [0, 0.05) is 0 Å². The van der Waals surface area contributed by atoms with Crippen molar-refractivity contribution < 1.29 is 18.6 Å². The number of aliphatic hydroxyl groups is 1. The summed E-state index contributed by atoms with van der Waals surface area (Å²) in [5, 5.41) is 8.86. The van der Waals surface area contributed by atoms with Crippen molar-refractivity contribution in [1.82, 2.24) is 0 Å². The third-order valence-electron chi connectivity index (χ3n) is 2.46. The van der Waals surface area contributed by atoms with Crippen LogP contribution in [0.4, 0.5) is 8.78 Å². The van der Waals surface area contributed by atoms with Crippen LogP contribution in [0.25, 0.3) is 0 Å². The van der Waals surface area contributed by atoms with E-state index in [9.17, 15) is 8.78 Å². The number of halogens is 2. The van der Waals surface area contributed by atoms with Gasteiger partial charge >= 0.3 is 0 Å². The fraction of sp³-hybridized carbons (Fsp3) is 0.143. The van der Waals surface area contributed by atoms with E-state index in [2.05, 4.69) is 0 Å². The Hall–Kier alpha value is -1.94. The first kappa shape index (κ1) is 12.5. The first-order valence-electron chi connectivity index (χ1n) is 5.45. The van der Waals surface area contributed by atoms with Gasteiger partial charge in [0.1, 0.15) is 12.4 Å². The van der Waals surface area contributed by atoms with Gasteiger partial charge in [0.25, 0.3) is 0 Å². The second-order valence-electron chi connectivity index (χ2n) is 3.81. The zero-order valence-electron chi connectivity index (χ0n) is 9.57. The van der Waals surface area contributed by atoms with Crippen molar-refractivity contribution in [3.05, 3.63) is 59.4 Å². The number of hydrogen-bond donors (Lipinski definition) is 1. The average molecular weight is 250 g/mol. The molecule has 0 aromatic heterocycles. The molecule has 0 aliphatic rings. The molecule has 0 amide bonds. The summed E-state index contributed by atoms with van der Waals surface area (Å²) in [7, 11) is 0. The summed E-state index contributed by atoms with van der Waals surface area (Å²) >= 11 is 0. The zero-order chi connectivity index (χ0) is 13.0. The van der Waals surface area contributed by atoms with E-state index >= 15 is 0 Å². The first-order valence-corrected chi connectivity index (χ1v) is 5.45. The van der Waals surface area contributed by atoms with Gasteiger partial charge in [-0.25, -0.2) is 8.78 Å². The van der Waals surface area contributed by atoms with Crippen LogP contribution in [0.5, 0.6) is 11.5 Å². The largest absolute Gasteiger partial charge is 0.454 e. The second kappa shape index (κ2) is 5.60. The molecule has 2 aromatic carbocycles. The van der Waals surface area contributed by atoms with Crippen molar-refractivity contribution in [1.29, 1.82) is 0 Å². The summed E-state index contributed by atoms with van der Waals surface area (Å²) in [5.74, 6) is -0.142. The van der Waals surface area contributed by atoms with Gasteiger partial charge in [0.15, 0.2) is 11.6 Å². The summed E-state index contributed by atoms with van der Waals surface area (Å²) in [6, 6.07) is 10.6. The molecule has 18 heavy (non-hydrogen) atoms. The quantitative estimate of drug-likeness (QED) is 0.898. The number of ether oxygens (including phenoxy) is 1. The molecule has 4 heteroatoms. The minimum atomic E-state index is -0.594. The van der Waals surface area contributed by atoms with Crippen molar-refractivity contribution in [2.45, 2.75) is 13.3 Å². The molecule has 2 nitrogen and oxygen atoms in total. The Morgan fingerprint density at radius 1 is 1.06 bits per heavy atom. The molecule has 2 rings (SSSR count). The second-order valence-corrected chi connectivity index (χ2v) is 3.81. The van der Waals surface area contributed by atoms with Gasteiger partial charge in [-0.1, -0.05) is 18.2 Å². The lowest BCUT2D eigenvalue weighted by molar-refractivity contribution is 0.281. The third kappa shape index (κ3) is 2.84. The van der Waals surface area contributed by atoms with E-state index in [1.165, 1.54) is 18.2 Å². The molecule has 0 saturated heterocycles. The number of hydrogen-bond acceptors (Lipinski definition) is 2. The van der Waals surface area contributed by atoms with Crippen molar-refractivity contribution in [3.63, 3.8) is 0 Å². The van der Waals surface area contributed by atoms with E-state index in [4.69, 9.17) is 9.84 Å². The van der Waals surface area contributed by atoms with Gasteiger partial charge in [-0.05, 0) is 35.4 Å². The van der Waals surface area contributed by atoms with Crippen molar-refractivity contribution >= 4 is 0 Å². The summed E-state index contributed by atoms with van der Waals surface area (Å²) in [6.07, 6.45) is 0. The zero-order valence-corrected chi connectivity index (χ0v) is 9.57. The van der Waals surface area contributed by atoms with Gasteiger partial charge in [-0.3, -0.25) is 0 Å². The lowest BCUT2D eigenvalue weighted by Gasteiger charge is -2.08. The van der Waals surface area contributed by atoms with Crippen LogP contribution in [0.3, 0.4) is 0 Å². The monoisotopic (exact) mass is 250 g/mol. The van der Waals surface area contributed by atoms with Gasteiger partial charge in [-0.2, -0.15) is 0 Å². The standard InChI is InChI=1S/C14H12F2O2/c15-8-10-2-1-3-12(6-10)18-14-5-4-11(9-17)7-13(14)16/h1-7,17H,8-9H2. The van der Waals surface area contributed by atoms with E-state index in [-0.39, 0.29) is 12.4 Å². The molecule has 0 fully saturated rings. The molecule has 0 saturated carbocycles. The van der Waals surface area contributed by atoms with Gasteiger partial charge in [-0.15, -0.1) is 0 Å². The molecule has 2 aromatic rings. The highest BCUT2D eigenvalue weighted by atomic mass is 19.1. The van der Waals surface area contributed by atoms with Crippen LogP contribution in [0, 0.1) is 5.82 Å². The molecule has 0 bridgehead atoms. The van der Waals surface area contributed by atoms with E-state index in [0.717, 1.165) is 0 Å². The minimum absolute atomic E-state index is 0.0446. The van der Waals surface area contributed by atoms with E-state index in [0.29, 0.717) is 16.9 Å². The summed E-state index contributed by atoms with van der Waals surface area (Å²) in [4.78, 5) is 0. The van der Waals surface area contributed by atoms with Crippen LogP contribution in [0.15, 0.2) is 42.5 Å². The highest BCUT2D eigenvalue weighted by Crippen LogP contribution is 2.26. The van der Waals surface area contributed by atoms with E-state index < -0.39 is 12.5 Å². The number of alkyl halides is 1. The Morgan fingerprint density at radius 2 is 1.89 bits per heavy atom. The minimum Gasteiger partial charge on any atom is -0.454 e. The van der Waals surface area contributed by atoms with Crippen LogP contribution in [0.2, 0.25) is 0 Å². The molecule has 94 valence electrons. The van der Waals surface area contributed by atoms with Gasteiger partial charge in [0.05, 0.1) is 6.61 Å². The molecule has 1 N–H and O–H groups in total. The normalized spacial score (nSPS) is 10.4. The SMILES string of the molecule is OCc1ccc(Oc2cccc(CF)c2)c(F)c1. The number of aliphatic hydroxyl groups excluding tert-OH is 1. The fourth-order valence-electron chi connectivity index (χ4n) is 1.54. The molecule has 0 heterocycles. The molecular weight excluding hydrogens is 238 g/mol. The van der Waals surface area contributed by atoms with Crippen molar-refractivity contribution in [2.24, 2.45) is 0 Å². The maximum Gasteiger partial charge on any atom is 0.166 e. The lowest BCUT2D eigenvalue weighted by atomic mass is 10.2. The molecule has 0 unspecified atom stereocenters. The van der Waals surface area contributed by atoms with E-state index in [1.807, 2.05) is 0 Å². The molecule has 0 spiro atoms. The van der Waals surface area contributed by atoms with Gasteiger partial charge in [0.2, 0.25) is 0 Å². The molecule has 0 aliphatic carbocycles.